The molecule has 1 atom stereocenters. The van der Waals surface area contributed by atoms with E-state index in [2.05, 4.69) is 20.1 Å². The number of hydrogen-bond acceptors (Lipinski definition) is 9. The molecule has 15 heteroatoms. The van der Waals surface area contributed by atoms with Gasteiger partial charge in [-0.3, -0.25) is 24.4 Å². The molecular weight excluding hydrogens is 798 g/mol. The van der Waals surface area contributed by atoms with E-state index >= 15 is 4.39 Å². The van der Waals surface area contributed by atoms with E-state index < -0.39 is 23.1 Å². The topological polar surface area (TPSA) is 142 Å². The second kappa shape index (κ2) is 16.9. The van der Waals surface area contributed by atoms with Gasteiger partial charge < -0.3 is 29.6 Å². The number of morpholine rings is 1. The van der Waals surface area contributed by atoms with E-state index in [1.54, 1.807) is 48.7 Å². The maximum Gasteiger partial charge on any atom is 0.309 e. The van der Waals surface area contributed by atoms with Gasteiger partial charge in [-0.1, -0.05) is 53.5 Å². The monoisotopic (exact) mass is 846 g/mol. The molecule has 4 aliphatic rings. The molecule has 2 aliphatic heterocycles. The number of aliphatic hydroxyl groups excluding tert-OH is 1. The van der Waals surface area contributed by atoms with Gasteiger partial charge in [0.2, 0.25) is 0 Å². The number of pyridine rings is 1. The summed E-state index contributed by atoms with van der Waals surface area (Å²) in [7, 11) is 3.38. The predicted molar refractivity (Wildman–Crippen MR) is 224 cm³/mol. The first kappa shape index (κ1) is 41.4. The minimum absolute atomic E-state index is 0.0604. The number of benzene rings is 2. The normalized spacial score (nSPS) is 23.4. The zero-order valence-electron chi connectivity index (χ0n) is 33.3. The van der Waals surface area contributed by atoms with Crippen LogP contribution >= 0.6 is 23.2 Å². The second-order valence-corrected chi connectivity index (χ2v) is 17.3. The fourth-order valence-corrected chi connectivity index (χ4v) is 10.2. The minimum atomic E-state index is -0.636. The van der Waals surface area contributed by atoms with E-state index in [9.17, 15) is 19.8 Å². The van der Waals surface area contributed by atoms with Crippen LogP contribution in [0.5, 0.6) is 5.75 Å². The molecule has 12 nitrogen and oxygen atoms in total. The van der Waals surface area contributed by atoms with Crippen molar-refractivity contribution in [3.05, 3.63) is 92.7 Å². The van der Waals surface area contributed by atoms with Gasteiger partial charge in [-0.25, -0.2) is 9.37 Å². The lowest BCUT2D eigenvalue weighted by Crippen LogP contribution is -2.43. The molecule has 2 saturated carbocycles. The molecule has 1 amide bonds. The van der Waals surface area contributed by atoms with Crippen molar-refractivity contribution < 1.29 is 33.7 Å². The third kappa shape index (κ3) is 8.25. The maximum atomic E-state index is 15.8. The van der Waals surface area contributed by atoms with Gasteiger partial charge in [-0.05, 0) is 68.2 Å². The van der Waals surface area contributed by atoms with Crippen LogP contribution in [0.2, 0.25) is 10.0 Å². The quantitative estimate of drug-likeness (QED) is 0.124. The number of nitrogens with zero attached hydrogens (tertiary/aromatic N) is 5. The first-order valence-electron chi connectivity index (χ1n) is 20.2. The van der Waals surface area contributed by atoms with Gasteiger partial charge in [0.1, 0.15) is 17.3 Å². The summed E-state index contributed by atoms with van der Waals surface area (Å²) in [5.41, 5.74) is 4.26. The van der Waals surface area contributed by atoms with E-state index in [4.69, 9.17) is 37.7 Å². The molecule has 2 aromatic carbocycles. The summed E-state index contributed by atoms with van der Waals surface area (Å²) >= 11 is 13.9. The Kier molecular flexibility index (Phi) is 11.9. The molecule has 2 aromatic heterocycles. The molecular formula is C44H49Cl2FN6O6. The number of carbonyl (C=O) groups is 2. The lowest BCUT2D eigenvalue weighted by Gasteiger charge is -2.32. The number of aliphatic hydroxyl groups is 1. The number of carbonyl (C=O) groups excluding carboxylic acids is 1. The Morgan fingerprint density at radius 2 is 1.85 bits per heavy atom. The molecule has 0 unspecified atom stereocenters. The summed E-state index contributed by atoms with van der Waals surface area (Å²) in [5, 5.41) is 22.8. The minimum Gasteiger partial charge on any atom is -0.496 e. The molecule has 2 bridgehead atoms. The molecule has 1 saturated heterocycles. The lowest BCUT2D eigenvalue weighted by atomic mass is 9.80. The zero-order valence-corrected chi connectivity index (χ0v) is 34.8. The molecule has 0 spiro atoms. The first-order chi connectivity index (χ1) is 28.4. The van der Waals surface area contributed by atoms with E-state index in [0.717, 1.165) is 75.0 Å². The van der Waals surface area contributed by atoms with Crippen LogP contribution in [0.1, 0.15) is 77.4 Å². The maximum absolute atomic E-state index is 15.8. The van der Waals surface area contributed by atoms with Crippen molar-refractivity contribution in [2.45, 2.75) is 64.1 Å². The Morgan fingerprint density at radius 3 is 2.58 bits per heavy atom. The van der Waals surface area contributed by atoms with Gasteiger partial charge in [-0.15, -0.1) is 0 Å². The van der Waals surface area contributed by atoms with Crippen molar-refractivity contribution in [1.29, 1.82) is 0 Å². The largest absolute Gasteiger partial charge is 0.496 e. The van der Waals surface area contributed by atoms with Gasteiger partial charge >= 0.3 is 5.97 Å². The number of halogens is 3. The van der Waals surface area contributed by atoms with Gasteiger partial charge in [0.05, 0.1) is 53.3 Å². The Hall–Kier alpha value is -4.37. The fraction of sp³-hybridized carbons (Fsp3) is 0.455. The molecule has 2 aliphatic carbocycles. The fourth-order valence-electron chi connectivity index (χ4n) is 9.60. The van der Waals surface area contributed by atoms with Crippen molar-refractivity contribution in [2.24, 2.45) is 17.9 Å². The number of fused-ring (bicyclic) bond motifs is 3. The van der Waals surface area contributed by atoms with Crippen molar-refractivity contribution in [3.8, 4) is 16.9 Å². The summed E-state index contributed by atoms with van der Waals surface area (Å²) in [6.45, 7) is 4.58. The van der Waals surface area contributed by atoms with Gasteiger partial charge in [-0.2, -0.15) is 0 Å². The average Bonchev–Trinajstić information content (AvgIpc) is 3.93. The number of amides is 1. The number of methoxy groups -OCH3 is 1. The number of aromatic nitrogens is 3. The Bertz CT molecular complexity index is 2290. The lowest BCUT2D eigenvalue weighted by molar-refractivity contribution is -0.148. The molecule has 312 valence electrons. The number of rotatable bonds is 13. The van der Waals surface area contributed by atoms with E-state index in [1.165, 1.54) is 13.2 Å². The summed E-state index contributed by atoms with van der Waals surface area (Å²) in [6, 6.07) is 12.1. The Balaban J connectivity index is 0.943. The summed E-state index contributed by atoms with van der Waals surface area (Å²) in [6.07, 6.45) is 8.71. The first-order valence-corrected chi connectivity index (χ1v) is 20.9. The SMILES string of the molecule is COc1cc(/C(F)=C/c2cccc(-c3cccc(NC(=O)c4nc5c(n4C)CCN(CCC46CCC(C(=O)O)(CC4)C6)C5)c3Cl)c2Cl)ncc1CN1CCO[C@@H](CO)C1. The summed E-state index contributed by atoms with van der Waals surface area (Å²) in [5.74, 6) is -0.870. The number of imidazole rings is 1. The molecule has 0 radical (unpaired) electrons. The van der Waals surface area contributed by atoms with Crippen LogP contribution in [0.25, 0.3) is 23.0 Å². The third-order valence-corrected chi connectivity index (χ3v) is 13.8. The highest BCUT2D eigenvalue weighted by Gasteiger charge is 2.57. The molecule has 8 rings (SSSR count). The van der Waals surface area contributed by atoms with Crippen molar-refractivity contribution in [3.63, 3.8) is 0 Å². The number of aliphatic carboxylic acids is 1. The van der Waals surface area contributed by atoms with Crippen LogP contribution in [0.4, 0.5) is 10.1 Å². The molecule has 4 heterocycles. The number of carboxylic acids is 1. The van der Waals surface area contributed by atoms with E-state index in [-0.39, 0.29) is 39.7 Å². The van der Waals surface area contributed by atoms with Gasteiger partial charge in [0.25, 0.3) is 5.91 Å². The molecule has 4 aromatic rings. The van der Waals surface area contributed by atoms with Crippen LogP contribution in [0, 0.1) is 10.8 Å². The highest BCUT2D eigenvalue weighted by Crippen LogP contribution is 2.63. The van der Waals surface area contributed by atoms with Gasteiger partial charge in [0, 0.05) is 80.8 Å². The number of nitrogens with one attached hydrogen (secondary N) is 1. The highest BCUT2D eigenvalue weighted by atomic mass is 35.5. The average molecular weight is 848 g/mol. The third-order valence-electron chi connectivity index (χ3n) is 13.0. The van der Waals surface area contributed by atoms with Crippen LogP contribution in [-0.2, 0) is 36.1 Å². The highest BCUT2D eigenvalue weighted by molar-refractivity contribution is 6.39. The smallest absolute Gasteiger partial charge is 0.309 e. The van der Waals surface area contributed by atoms with Gasteiger partial charge in [0.15, 0.2) is 5.82 Å². The molecule has 3 N–H and O–H groups in total. The Morgan fingerprint density at radius 1 is 1.08 bits per heavy atom. The number of hydrogen-bond donors (Lipinski definition) is 3. The van der Waals surface area contributed by atoms with E-state index in [1.807, 2.05) is 11.6 Å². The summed E-state index contributed by atoms with van der Waals surface area (Å²) < 4.78 is 28.8. The second-order valence-electron chi connectivity index (χ2n) is 16.5. The molecule has 59 heavy (non-hydrogen) atoms. The standard InChI is InChI=1S/C44H49Cl2FN6O6/c1-51-36-9-15-52(16-14-43-10-12-44(26-43,13-11-43)42(56)57)24-35(36)49-40(51)41(55)50-33-8-4-7-31(39(33)46)30-6-3-5-27(38(30)45)19-32(47)34-20-37(58-2)28(21-48-34)22-53-17-18-59-29(23-53)25-54/h3-8,19-21,29,54H,9-18,22-26H2,1-2H3,(H,50,55)(H,56,57)/b32-19-/t29-,43?,44?/m1/s1. The number of anilines is 1. The van der Waals surface area contributed by atoms with Crippen molar-refractivity contribution in [2.75, 3.05) is 51.8 Å². The number of carboxylic acid groups (broad SMARTS) is 1. The zero-order chi connectivity index (χ0) is 41.5. The predicted octanol–water partition coefficient (Wildman–Crippen LogP) is 7.49. The van der Waals surface area contributed by atoms with Crippen molar-refractivity contribution >= 4 is 52.7 Å². The molecule has 3 fully saturated rings. The van der Waals surface area contributed by atoms with Crippen molar-refractivity contribution in [1.82, 2.24) is 24.3 Å². The number of ether oxygens (including phenoxy) is 2. The Labute approximate surface area is 352 Å². The van der Waals surface area contributed by atoms with E-state index in [0.29, 0.717) is 60.9 Å². The van der Waals surface area contributed by atoms with Crippen LogP contribution in [0.15, 0.2) is 48.7 Å². The summed E-state index contributed by atoms with van der Waals surface area (Å²) in [4.78, 5) is 39.4. The van der Waals surface area contributed by atoms with Crippen LogP contribution in [-0.4, -0.2) is 99.0 Å². The van der Waals surface area contributed by atoms with Crippen LogP contribution in [0.3, 0.4) is 0 Å². The van der Waals surface area contributed by atoms with Crippen LogP contribution < -0.4 is 10.1 Å².